The van der Waals surface area contributed by atoms with Gasteiger partial charge in [0, 0.05) is 16.3 Å². The molecular weight excluding hydrogens is 356 g/mol. The van der Waals surface area contributed by atoms with Gasteiger partial charge in [-0.25, -0.2) is 9.48 Å². The van der Waals surface area contributed by atoms with E-state index in [1.807, 2.05) is 31.4 Å². The van der Waals surface area contributed by atoms with Gasteiger partial charge in [0.05, 0.1) is 12.2 Å². The molecular formula is C17H22N4O2S2. The minimum absolute atomic E-state index is 0.309. The number of esters is 1. The Hall–Kier alpha value is -1.80. The van der Waals surface area contributed by atoms with Crippen molar-refractivity contribution in [2.24, 2.45) is 5.92 Å². The largest absolute Gasteiger partial charge is 0.463 e. The number of anilines is 1. The number of nitrogens with zero attached hydrogens (tertiary/aromatic N) is 3. The molecule has 134 valence electrons. The summed E-state index contributed by atoms with van der Waals surface area (Å²) in [4.78, 5) is 18.2. The number of allylic oxidation sites excluding steroid dienone is 1. The first-order chi connectivity index (χ1) is 12.0. The van der Waals surface area contributed by atoms with E-state index in [-0.39, 0.29) is 12.0 Å². The van der Waals surface area contributed by atoms with Crippen molar-refractivity contribution in [1.29, 1.82) is 0 Å². The molecule has 1 N–H and O–H groups in total. The van der Waals surface area contributed by atoms with Gasteiger partial charge >= 0.3 is 5.97 Å². The van der Waals surface area contributed by atoms with Gasteiger partial charge in [-0.05, 0) is 31.2 Å². The molecule has 0 aromatic carbocycles. The molecule has 0 radical (unpaired) electrons. The third kappa shape index (κ3) is 3.74. The molecule has 0 fully saturated rings. The van der Waals surface area contributed by atoms with Gasteiger partial charge in [-0.1, -0.05) is 31.7 Å². The summed E-state index contributed by atoms with van der Waals surface area (Å²) in [6.07, 6.45) is 0. The third-order valence-electron chi connectivity index (χ3n) is 3.69. The van der Waals surface area contributed by atoms with E-state index in [1.54, 1.807) is 27.8 Å². The lowest BCUT2D eigenvalue weighted by atomic mass is 10.0. The van der Waals surface area contributed by atoms with Crippen LogP contribution in [0.2, 0.25) is 0 Å². The van der Waals surface area contributed by atoms with Crippen molar-refractivity contribution >= 4 is 35.0 Å². The summed E-state index contributed by atoms with van der Waals surface area (Å²) in [7, 11) is 0. The standard InChI is InChI=1S/C17H22N4O2S2/c1-5-23-15(22)13-11(4)18-16-19-17(25-9-10(2)3)20-21(16)14(13)12-7-6-8-24-12/h6-8,10,14H,5,9H2,1-4H3,(H,18,19,20)/t14-/m0/s1. The highest BCUT2D eigenvalue weighted by molar-refractivity contribution is 7.99. The average Bonchev–Trinajstić information content (AvgIpc) is 3.21. The Morgan fingerprint density at radius 2 is 2.32 bits per heavy atom. The van der Waals surface area contributed by atoms with E-state index in [2.05, 4.69) is 29.2 Å². The molecule has 25 heavy (non-hydrogen) atoms. The lowest BCUT2D eigenvalue weighted by Crippen LogP contribution is -2.29. The summed E-state index contributed by atoms with van der Waals surface area (Å²) in [5.41, 5.74) is 1.35. The molecule has 3 heterocycles. The molecule has 0 aliphatic carbocycles. The van der Waals surface area contributed by atoms with E-state index in [0.29, 0.717) is 24.0 Å². The predicted octanol–water partition coefficient (Wildman–Crippen LogP) is 3.94. The van der Waals surface area contributed by atoms with Crippen LogP contribution < -0.4 is 5.32 Å². The Labute approximate surface area is 155 Å². The maximum Gasteiger partial charge on any atom is 0.338 e. The summed E-state index contributed by atoms with van der Waals surface area (Å²) in [5.74, 6) is 1.85. The smallest absolute Gasteiger partial charge is 0.338 e. The molecule has 2 aromatic heterocycles. The van der Waals surface area contributed by atoms with Crippen LogP contribution >= 0.6 is 23.1 Å². The highest BCUT2D eigenvalue weighted by Crippen LogP contribution is 2.38. The number of ether oxygens (including phenoxy) is 1. The van der Waals surface area contributed by atoms with Crippen molar-refractivity contribution in [3.8, 4) is 0 Å². The summed E-state index contributed by atoms with van der Waals surface area (Å²) in [6, 6.07) is 3.68. The number of rotatable bonds is 6. The van der Waals surface area contributed by atoms with Gasteiger partial charge in [-0.2, -0.15) is 4.98 Å². The monoisotopic (exact) mass is 378 g/mol. The lowest BCUT2D eigenvalue weighted by Gasteiger charge is -2.26. The Morgan fingerprint density at radius 1 is 1.52 bits per heavy atom. The molecule has 1 aliphatic heterocycles. The SMILES string of the molecule is CCOC(=O)C1=C(C)Nc2nc(SCC(C)C)nn2[C@H]1c1cccs1. The van der Waals surface area contributed by atoms with E-state index in [4.69, 9.17) is 4.74 Å². The first kappa shape index (κ1) is 18.0. The molecule has 0 amide bonds. The van der Waals surface area contributed by atoms with Gasteiger partial charge in [-0.3, -0.25) is 0 Å². The third-order valence-corrected chi connectivity index (χ3v) is 5.88. The fourth-order valence-corrected chi connectivity index (χ4v) is 4.21. The van der Waals surface area contributed by atoms with Gasteiger partial charge in [0.2, 0.25) is 11.1 Å². The summed E-state index contributed by atoms with van der Waals surface area (Å²) in [5, 5.41) is 10.6. The topological polar surface area (TPSA) is 69.0 Å². The zero-order valence-corrected chi connectivity index (χ0v) is 16.4. The van der Waals surface area contributed by atoms with Crippen molar-refractivity contribution in [3.63, 3.8) is 0 Å². The molecule has 0 spiro atoms. The summed E-state index contributed by atoms with van der Waals surface area (Å²) >= 11 is 3.22. The van der Waals surface area contributed by atoms with E-state index in [0.717, 1.165) is 21.5 Å². The van der Waals surface area contributed by atoms with Crippen LogP contribution in [0.4, 0.5) is 5.95 Å². The number of carbonyl (C=O) groups is 1. The van der Waals surface area contributed by atoms with E-state index in [1.165, 1.54) is 0 Å². The van der Waals surface area contributed by atoms with Crippen molar-refractivity contribution in [3.05, 3.63) is 33.7 Å². The summed E-state index contributed by atoms with van der Waals surface area (Å²) < 4.78 is 7.08. The molecule has 0 unspecified atom stereocenters. The van der Waals surface area contributed by atoms with Crippen LogP contribution in [0.1, 0.15) is 38.6 Å². The van der Waals surface area contributed by atoms with Gasteiger partial charge in [0.15, 0.2) is 0 Å². The zero-order chi connectivity index (χ0) is 18.0. The number of fused-ring (bicyclic) bond motifs is 1. The molecule has 3 rings (SSSR count). The Morgan fingerprint density at radius 3 is 2.96 bits per heavy atom. The number of hydrogen-bond acceptors (Lipinski definition) is 7. The number of hydrogen-bond donors (Lipinski definition) is 1. The van der Waals surface area contributed by atoms with E-state index >= 15 is 0 Å². The van der Waals surface area contributed by atoms with Crippen molar-refractivity contribution < 1.29 is 9.53 Å². The van der Waals surface area contributed by atoms with Gasteiger partial charge < -0.3 is 10.1 Å². The van der Waals surface area contributed by atoms with Crippen LogP contribution in [0.5, 0.6) is 0 Å². The lowest BCUT2D eigenvalue weighted by molar-refractivity contribution is -0.139. The van der Waals surface area contributed by atoms with Crippen LogP contribution in [-0.4, -0.2) is 33.1 Å². The zero-order valence-electron chi connectivity index (χ0n) is 14.8. The molecule has 1 aliphatic rings. The second-order valence-electron chi connectivity index (χ2n) is 6.17. The first-order valence-electron chi connectivity index (χ1n) is 8.28. The molecule has 1 atom stereocenters. The van der Waals surface area contributed by atoms with Crippen LogP contribution in [0.3, 0.4) is 0 Å². The minimum atomic E-state index is -0.316. The highest BCUT2D eigenvalue weighted by atomic mass is 32.2. The summed E-state index contributed by atoms with van der Waals surface area (Å²) in [6.45, 7) is 8.37. The second-order valence-corrected chi connectivity index (χ2v) is 8.14. The molecule has 8 heteroatoms. The minimum Gasteiger partial charge on any atom is -0.463 e. The second kappa shape index (κ2) is 7.61. The predicted molar refractivity (Wildman–Crippen MR) is 101 cm³/mol. The fraction of sp³-hybridized carbons (Fsp3) is 0.471. The molecule has 0 bridgehead atoms. The highest BCUT2D eigenvalue weighted by Gasteiger charge is 2.35. The van der Waals surface area contributed by atoms with E-state index < -0.39 is 0 Å². The maximum absolute atomic E-state index is 12.6. The molecule has 0 saturated heterocycles. The van der Waals surface area contributed by atoms with Crippen LogP contribution in [0.25, 0.3) is 0 Å². The number of aromatic nitrogens is 3. The normalized spacial score (nSPS) is 16.8. The van der Waals surface area contributed by atoms with Crippen LogP contribution in [0, 0.1) is 5.92 Å². The number of thiophene rings is 1. The Kier molecular flexibility index (Phi) is 5.48. The number of carbonyl (C=O) groups excluding carboxylic acids is 1. The van der Waals surface area contributed by atoms with Gasteiger partial charge in [-0.15, -0.1) is 16.4 Å². The number of nitrogens with one attached hydrogen (secondary N) is 1. The first-order valence-corrected chi connectivity index (χ1v) is 10.2. The molecule has 6 nitrogen and oxygen atoms in total. The quantitative estimate of drug-likeness (QED) is 0.606. The van der Waals surface area contributed by atoms with Crippen LogP contribution in [-0.2, 0) is 9.53 Å². The van der Waals surface area contributed by atoms with Crippen LogP contribution in [0.15, 0.2) is 33.9 Å². The van der Waals surface area contributed by atoms with Crippen molar-refractivity contribution in [2.75, 3.05) is 17.7 Å². The van der Waals surface area contributed by atoms with Crippen molar-refractivity contribution in [2.45, 2.75) is 38.9 Å². The molecule has 0 saturated carbocycles. The van der Waals surface area contributed by atoms with Gasteiger partial charge in [0.25, 0.3) is 0 Å². The fourth-order valence-electron chi connectivity index (χ4n) is 2.62. The number of thioether (sulfide) groups is 1. The van der Waals surface area contributed by atoms with Crippen molar-refractivity contribution in [1.82, 2.24) is 14.8 Å². The Balaban J connectivity index is 2.01. The maximum atomic E-state index is 12.6. The van der Waals surface area contributed by atoms with E-state index in [9.17, 15) is 4.79 Å². The Bertz CT molecular complexity index is 781. The average molecular weight is 379 g/mol. The molecule has 2 aromatic rings. The van der Waals surface area contributed by atoms with Gasteiger partial charge in [0.1, 0.15) is 6.04 Å².